The van der Waals surface area contributed by atoms with E-state index in [1.807, 2.05) is 12.1 Å². The van der Waals surface area contributed by atoms with Crippen molar-refractivity contribution in [3.05, 3.63) is 29.8 Å². The summed E-state index contributed by atoms with van der Waals surface area (Å²) in [5.74, 6) is 0.278. The summed E-state index contributed by atoms with van der Waals surface area (Å²) in [7, 11) is 0. The first-order valence-electron chi connectivity index (χ1n) is 5.35. The van der Waals surface area contributed by atoms with Crippen LogP contribution in [0.3, 0.4) is 0 Å². The third-order valence-electron chi connectivity index (χ3n) is 2.47. The minimum Gasteiger partial charge on any atom is -0.427 e. The van der Waals surface area contributed by atoms with Crippen LogP contribution in [0, 0.1) is 0 Å². The Labute approximate surface area is 94.6 Å². The number of ether oxygens (including phenoxy) is 2. The Morgan fingerprint density at radius 3 is 2.75 bits per heavy atom. The van der Waals surface area contributed by atoms with Crippen molar-refractivity contribution >= 4 is 5.97 Å². The topological polar surface area (TPSA) is 47.6 Å². The summed E-state index contributed by atoms with van der Waals surface area (Å²) in [6.07, 6.45) is 0. The van der Waals surface area contributed by atoms with E-state index in [9.17, 15) is 4.79 Å². The number of rotatable bonds is 2. The van der Waals surface area contributed by atoms with Crippen molar-refractivity contribution in [2.75, 3.05) is 19.8 Å². The molecule has 0 radical (unpaired) electrons. The number of morpholine rings is 1. The zero-order chi connectivity index (χ0) is 11.4. The number of carbonyl (C=O) groups is 1. The molecule has 16 heavy (non-hydrogen) atoms. The van der Waals surface area contributed by atoms with E-state index in [2.05, 4.69) is 5.32 Å². The first kappa shape index (κ1) is 11.1. The van der Waals surface area contributed by atoms with Crippen LogP contribution in [0.5, 0.6) is 5.75 Å². The van der Waals surface area contributed by atoms with Gasteiger partial charge in [-0.3, -0.25) is 4.79 Å². The Morgan fingerprint density at radius 2 is 2.19 bits per heavy atom. The van der Waals surface area contributed by atoms with E-state index in [1.165, 1.54) is 6.92 Å². The number of benzene rings is 1. The van der Waals surface area contributed by atoms with Crippen molar-refractivity contribution in [1.29, 1.82) is 0 Å². The lowest BCUT2D eigenvalue weighted by Crippen LogP contribution is -2.34. The molecule has 1 aromatic carbocycles. The van der Waals surface area contributed by atoms with Crippen molar-refractivity contribution in [3.63, 3.8) is 0 Å². The van der Waals surface area contributed by atoms with Gasteiger partial charge in [0.25, 0.3) is 0 Å². The molecule has 4 heteroatoms. The maximum absolute atomic E-state index is 10.7. The molecule has 2 rings (SSSR count). The van der Waals surface area contributed by atoms with Crippen LogP contribution in [0.2, 0.25) is 0 Å². The summed E-state index contributed by atoms with van der Waals surface area (Å²) in [6.45, 7) is 3.72. The quantitative estimate of drug-likeness (QED) is 0.603. The van der Waals surface area contributed by atoms with E-state index in [1.54, 1.807) is 12.1 Å². The molecular weight excluding hydrogens is 206 g/mol. The molecule has 1 aliphatic rings. The molecule has 1 aromatic rings. The fourth-order valence-corrected chi connectivity index (χ4v) is 1.71. The van der Waals surface area contributed by atoms with Crippen molar-refractivity contribution < 1.29 is 14.3 Å². The van der Waals surface area contributed by atoms with Gasteiger partial charge in [0.05, 0.1) is 19.3 Å². The molecule has 1 atom stereocenters. The maximum atomic E-state index is 10.7. The van der Waals surface area contributed by atoms with E-state index in [0.29, 0.717) is 12.4 Å². The largest absolute Gasteiger partial charge is 0.427 e. The fraction of sp³-hybridized carbons (Fsp3) is 0.417. The van der Waals surface area contributed by atoms with Gasteiger partial charge in [-0.05, 0) is 17.7 Å². The lowest BCUT2D eigenvalue weighted by atomic mass is 10.1. The van der Waals surface area contributed by atoms with Gasteiger partial charge in [0.1, 0.15) is 5.75 Å². The van der Waals surface area contributed by atoms with E-state index in [0.717, 1.165) is 18.7 Å². The predicted octanol–water partition coefficient (Wildman–Crippen LogP) is 1.27. The van der Waals surface area contributed by atoms with E-state index >= 15 is 0 Å². The maximum Gasteiger partial charge on any atom is 0.308 e. The summed E-state index contributed by atoms with van der Waals surface area (Å²) < 4.78 is 10.3. The van der Waals surface area contributed by atoms with Crippen LogP contribution in [0.4, 0.5) is 0 Å². The standard InChI is InChI=1S/C12H15NO3/c1-9(14)16-11-4-2-10(3-5-11)12-8-15-7-6-13-12/h2-5,12-13H,6-8H2,1H3/t12-/m0/s1. The van der Waals surface area contributed by atoms with Crippen molar-refractivity contribution in [2.45, 2.75) is 13.0 Å². The molecule has 0 bridgehead atoms. The third-order valence-corrected chi connectivity index (χ3v) is 2.47. The van der Waals surface area contributed by atoms with Crippen LogP contribution >= 0.6 is 0 Å². The summed E-state index contributed by atoms with van der Waals surface area (Å²) >= 11 is 0. The van der Waals surface area contributed by atoms with Gasteiger partial charge in [0, 0.05) is 13.5 Å². The highest BCUT2D eigenvalue weighted by Crippen LogP contribution is 2.19. The normalized spacial score (nSPS) is 20.4. The highest BCUT2D eigenvalue weighted by molar-refractivity contribution is 5.69. The van der Waals surface area contributed by atoms with Gasteiger partial charge in [-0.2, -0.15) is 0 Å². The van der Waals surface area contributed by atoms with Crippen LogP contribution in [-0.2, 0) is 9.53 Å². The average Bonchev–Trinajstić information content (AvgIpc) is 2.30. The molecule has 0 unspecified atom stereocenters. The number of carbonyl (C=O) groups excluding carboxylic acids is 1. The minimum absolute atomic E-state index is 0.236. The monoisotopic (exact) mass is 221 g/mol. The fourth-order valence-electron chi connectivity index (χ4n) is 1.71. The van der Waals surface area contributed by atoms with Gasteiger partial charge in [-0.15, -0.1) is 0 Å². The molecule has 1 aliphatic heterocycles. The Balaban J connectivity index is 2.03. The summed E-state index contributed by atoms with van der Waals surface area (Å²) in [4.78, 5) is 10.7. The molecule has 4 nitrogen and oxygen atoms in total. The van der Waals surface area contributed by atoms with Crippen LogP contribution in [-0.4, -0.2) is 25.7 Å². The van der Waals surface area contributed by atoms with Crippen molar-refractivity contribution in [2.24, 2.45) is 0 Å². The van der Waals surface area contributed by atoms with Crippen LogP contribution in [0.25, 0.3) is 0 Å². The lowest BCUT2D eigenvalue weighted by Gasteiger charge is -2.24. The van der Waals surface area contributed by atoms with Gasteiger partial charge in [-0.25, -0.2) is 0 Å². The van der Waals surface area contributed by atoms with E-state index in [-0.39, 0.29) is 12.0 Å². The average molecular weight is 221 g/mol. The Bertz CT molecular complexity index is 355. The van der Waals surface area contributed by atoms with Crippen molar-refractivity contribution in [1.82, 2.24) is 5.32 Å². The smallest absolute Gasteiger partial charge is 0.308 e. The Morgan fingerprint density at radius 1 is 1.44 bits per heavy atom. The van der Waals surface area contributed by atoms with Gasteiger partial charge >= 0.3 is 5.97 Å². The van der Waals surface area contributed by atoms with E-state index in [4.69, 9.17) is 9.47 Å². The number of hydrogen-bond acceptors (Lipinski definition) is 4. The van der Waals surface area contributed by atoms with E-state index < -0.39 is 0 Å². The summed E-state index contributed by atoms with van der Waals surface area (Å²) in [6, 6.07) is 7.73. The highest BCUT2D eigenvalue weighted by atomic mass is 16.5. The Hall–Kier alpha value is -1.39. The van der Waals surface area contributed by atoms with Gasteiger partial charge in [0.15, 0.2) is 0 Å². The SMILES string of the molecule is CC(=O)Oc1ccc([C@@H]2COCCN2)cc1. The second-order valence-electron chi connectivity index (χ2n) is 3.74. The van der Waals surface area contributed by atoms with Gasteiger partial charge < -0.3 is 14.8 Å². The molecule has 1 fully saturated rings. The molecule has 0 aromatic heterocycles. The molecule has 0 spiro atoms. The molecular formula is C12H15NO3. The second-order valence-corrected chi connectivity index (χ2v) is 3.74. The number of nitrogens with one attached hydrogen (secondary N) is 1. The zero-order valence-electron chi connectivity index (χ0n) is 9.23. The molecule has 0 amide bonds. The van der Waals surface area contributed by atoms with Crippen LogP contribution < -0.4 is 10.1 Å². The summed E-state index contributed by atoms with van der Waals surface area (Å²) in [5, 5.41) is 3.36. The summed E-state index contributed by atoms with van der Waals surface area (Å²) in [5.41, 5.74) is 1.15. The second kappa shape index (κ2) is 5.09. The third kappa shape index (κ3) is 2.81. The molecule has 1 saturated heterocycles. The predicted molar refractivity (Wildman–Crippen MR) is 59.3 cm³/mol. The minimum atomic E-state index is -0.299. The molecule has 1 N–H and O–H groups in total. The molecule has 86 valence electrons. The number of esters is 1. The van der Waals surface area contributed by atoms with Gasteiger partial charge in [0.2, 0.25) is 0 Å². The first-order valence-corrected chi connectivity index (χ1v) is 5.35. The first-order chi connectivity index (χ1) is 7.75. The molecule has 0 aliphatic carbocycles. The highest BCUT2D eigenvalue weighted by Gasteiger charge is 2.14. The molecule has 1 heterocycles. The Kier molecular flexibility index (Phi) is 3.54. The zero-order valence-corrected chi connectivity index (χ0v) is 9.23. The van der Waals surface area contributed by atoms with Crippen LogP contribution in [0.15, 0.2) is 24.3 Å². The lowest BCUT2D eigenvalue weighted by molar-refractivity contribution is -0.131. The molecule has 0 saturated carbocycles. The van der Waals surface area contributed by atoms with Crippen LogP contribution in [0.1, 0.15) is 18.5 Å². The number of hydrogen-bond donors (Lipinski definition) is 1. The van der Waals surface area contributed by atoms with Gasteiger partial charge in [-0.1, -0.05) is 12.1 Å². The van der Waals surface area contributed by atoms with Crippen molar-refractivity contribution in [3.8, 4) is 5.75 Å².